The zero-order valence-electron chi connectivity index (χ0n) is 11.3. The summed E-state index contributed by atoms with van der Waals surface area (Å²) in [6.45, 7) is 4.30. The van der Waals surface area contributed by atoms with Gasteiger partial charge >= 0.3 is 0 Å². The van der Waals surface area contributed by atoms with Crippen LogP contribution in [0, 0.1) is 0 Å². The number of rotatable bonds is 2. The first-order chi connectivity index (χ1) is 9.50. The van der Waals surface area contributed by atoms with Crippen LogP contribution in [0.25, 0.3) is 0 Å². The molecule has 4 nitrogen and oxygen atoms in total. The highest BCUT2D eigenvalue weighted by atomic mass is 35.5. The maximum atomic E-state index is 12.6. The Morgan fingerprint density at radius 2 is 1.95 bits per heavy atom. The van der Waals surface area contributed by atoms with Gasteiger partial charge in [-0.15, -0.1) is 0 Å². The average Bonchev–Trinajstić information content (AvgIpc) is 2.63. The van der Waals surface area contributed by atoms with Gasteiger partial charge < -0.3 is 4.90 Å². The largest absolute Gasteiger partial charge is 0.305 e. The molecule has 0 saturated heterocycles. The van der Waals surface area contributed by atoms with Crippen molar-refractivity contribution in [3.8, 4) is 0 Å². The molecule has 3 rings (SSSR count). The van der Waals surface area contributed by atoms with E-state index in [-0.39, 0.29) is 5.91 Å². The molecule has 5 heteroatoms. The summed E-state index contributed by atoms with van der Waals surface area (Å²) in [5.41, 5.74) is 2.21. The molecule has 102 valence electrons. The standard InChI is InChI=1S/C15H14ClN3O/c1-15(2)11-5-3-4-6-12(11)19(14(15)20)9-10-7-18-13(16)8-17-10/h3-8H,9H2,1-2H3. The second-order valence-corrected chi connectivity index (χ2v) is 5.75. The van der Waals surface area contributed by atoms with Gasteiger partial charge in [0.25, 0.3) is 0 Å². The smallest absolute Gasteiger partial charge is 0.237 e. The molecule has 1 aromatic carbocycles. The summed E-state index contributed by atoms with van der Waals surface area (Å²) >= 11 is 5.73. The first-order valence-corrected chi connectivity index (χ1v) is 6.76. The van der Waals surface area contributed by atoms with Crippen molar-refractivity contribution in [3.63, 3.8) is 0 Å². The first-order valence-electron chi connectivity index (χ1n) is 6.38. The van der Waals surface area contributed by atoms with Crippen LogP contribution >= 0.6 is 11.6 Å². The SMILES string of the molecule is CC1(C)C(=O)N(Cc2cnc(Cl)cn2)c2ccccc21. The van der Waals surface area contributed by atoms with Gasteiger partial charge in [0.05, 0.1) is 30.0 Å². The van der Waals surface area contributed by atoms with E-state index in [0.717, 1.165) is 16.9 Å². The van der Waals surface area contributed by atoms with Gasteiger partial charge in [0.1, 0.15) is 5.15 Å². The quantitative estimate of drug-likeness (QED) is 0.853. The molecule has 20 heavy (non-hydrogen) atoms. The second kappa shape index (κ2) is 4.56. The summed E-state index contributed by atoms with van der Waals surface area (Å²) in [6.07, 6.45) is 3.10. The van der Waals surface area contributed by atoms with E-state index in [9.17, 15) is 4.79 Å². The molecule has 0 spiro atoms. The molecule has 0 bridgehead atoms. The number of carbonyl (C=O) groups is 1. The minimum absolute atomic E-state index is 0.0791. The summed E-state index contributed by atoms with van der Waals surface area (Å²) in [7, 11) is 0. The number of nitrogens with zero attached hydrogens (tertiary/aromatic N) is 3. The van der Waals surface area contributed by atoms with Crippen LogP contribution in [0.4, 0.5) is 5.69 Å². The van der Waals surface area contributed by atoms with Gasteiger partial charge in [0.15, 0.2) is 0 Å². The fraction of sp³-hybridized carbons (Fsp3) is 0.267. The van der Waals surface area contributed by atoms with Crippen LogP contribution in [-0.4, -0.2) is 15.9 Å². The number of aromatic nitrogens is 2. The van der Waals surface area contributed by atoms with E-state index in [1.807, 2.05) is 38.1 Å². The second-order valence-electron chi connectivity index (χ2n) is 5.36. The lowest BCUT2D eigenvalue weighted by Gasteiger charge is -2.19. The number of anilines is 1. The number of amides is 1. The predicted octanol–water partition coefficient (Wildman–Crippen LogP) is 2.95. The monoisotopic (exact) mass is 287 g/mol. The van der Waals surface area contributed by atoms with Crippen molar-refractivity contribution in [3.05, 3.63) is 53.1 Å². The van der Waals surface area contributed by atoms with E-state index in [0.29, 0.717) is 11.7 Å². The van der Waals surface area contributed by atoms with Gasteiger partial charge in [0.2, 0.25) is 5.91 Å². The third-order valence-corrected chi connectivity index (χ3v) is 3.84. The Morgan fingerprint density at radius 1 is 1.20 bits per heavy atom. The average molecular weight is 288 g/mol. The summed E-state index contributed by atoms with van der Waals surface area (Å²) < 4.78 is 0. The van der Waals surface area contributed by atoms with Crippen molar-refractivity contribution in [2.75, 3.05) is 4.90 Å². The predicted molar refractivity (Wildman–Crippen MR) is 77.7 cm³/mol. The van der Waals surface area contributed by atoms with E-state index in [1.54, 1.807) is 11.1 Å². The highest BCUT2D eigenvalue weighted by molar-refractivity contribution is 6.29. The topological polar surface area (TPSA) is 46.1 Å². The van der Waals surface area contributed by atoms with Gasteiger partial charge in [-0.2, -0.15) is 0 Å². The van der Waals surface area contributed by atoms with Gasteiger partial charge in [-0.1, -0.05) is 29.8 Å². The Bertz CT molecular complexity index is 667. The molecular formula is C15H14ClN3O. The number of benzene rings is 1. The zero-order valence-corrected chi connectivity index (χ0v) is 12.1. The molecule has 0 atom stereocenters. The Labute approximate surface area is 122 Å². The lowest BCUT2D eigenvalue weighted by Crippen LogP contribution is -2.35. The van der Waals surface area contributed by atoms with Crippen molar-refractivity contribution >= 4 is 23.2 Å². The van der Waals surface area contributed by atoms with E-state index < -0.39 is 5.41 Å². The van der Waals surface area contributed by atoms with Crippen molar-refractivity contribution in [1.82, 2.24) is 9.97 Å². The highest BCUT2D eigenvalue weighted by Gasteiger charge is 2.43. The normalized spacial score (nSPS) is 16.4. The maximum absolute atomic E-state index is 12.6. The third kappa shape index (κ3) is 1.96. The number of carbonyl (C=O) groups excluding carboxylic acids is 1. The lowest BCUT2D eigenvalue weighted by molar-refractivity contribution is -0.122. The zero-order chi connectivity index (χ0) is 14.3. The van der Waals surface area contributed by atoms with Crippen LogP contribution in [0.2, 0.25) is 5.15 Å². The molecule has 0 aliphatic carbocycles. The van der Waals surface area contributed by atoms with Crippen molar-refractivity contribution in [2.24, 2.45) is 0 Å². The molecule has 0 saturated carbocycles. The van der Waals surface area contributed by atoms with E-state index in [2.05, 4.69) is 9.97 Å². The number of hydrogen-bond donors (Lipinski definition) is 0. The fourth-order valence-electron chi connectivity index (χ4n) is 2.54. The van der Waals surface area contributed by atoms with Gasteiger partial charge in [-0.05, 0) is 25.5 Å². The van der Waals surface area contributed by atoms with Gasteiger partial charge in [0, 0.05) is 5.69 Å². The molecule has 0 fully saturated rings. The van der Waals surface area contributed by atoms with Crippen molar-refractivity contribution in [1.29, 1.82) is 0 Å². The fourth-order valence-corrected chi connectivity index (χ4v) is 2.64. The van der Waals surface area contributed by atoms with Gasteiger partial charge in [-0.25, -0.2) is 4.98 Å². The molecule has 1 amide bonds. The van der Waals surface area contributed by atoms with Crippen LogP contribution in [-0.2, 0) is 16.8 Å². The molecule has 1 aromatic heterocycles. The Hall–Kier alpha value is -1.94. The molecule has 0 N–H and O–H groups in total. The molecule has 2 aromatic rings. The van der Waals surface area contributed by atoms with Crippen LogP contribution in [0.15, 0.2) is 36.7 Å². The molecular weight excluding hydrogens is 274 g/mol. The van der Waals surface area contributed by atoms with Crippen molar-refractivity contribution < 1.29 is 4.79 Å². The number of fused-ring (bicyclic) bond motifs is 1. The van der Waals surface area contributed by atoms with Crippen LogP contribution in [0.3, 0.4) is 0 Å². The molecule has 1 aliphatic heterocycles. The highest BCUT2D eigenvalue weighted by Crippen LogP contribution is 2.41. The number of hydrogen-bond acceptors (Lipinski definition) is 3. The van der Waals surface area contributed by atoms with Crippen LogP contribution in [0.5, 0.6) is 0 Å². The molecule has 2 heterocycles. The van der Waals surface area contributed by atoms with E-state index in [4.69, 9.17) is 11.6 Å². The van der Waals surface area contributed by atoms with E-state index in [1.165, 1.54) is 6.20 Å². The summed E-state index contributed by atoms with van der Waals surface area (Å²) in [4.78, 5) is 22.6. The third-order valence-electron chi connectivity index (χ3n) is 3.64. The minimum Gasteiger partial charge on any atom is -0.305 e. The lowest BCUT2D eigenvalue weighted by atomic mass is 9.86. The van der Waals surface area contributed by atoms with Gasteiger partial charge in [-0.3, -0.25) is 9.78 Å². The number of para-hydroxylation sites is 1. The molecule has 0 radical (unpaired) electrons. The van der Waals surface area contributed by atoms with Crippen LogP contribution in [0.1, 0.15) is 25.1 Å². The molecule has 1 aliphatic rings. The maximum Gasteiger partial charge on any atom is 0.237 e. The van der Waals surface area contributed by atoms with Crippen molar-refractivity contribution in [2.45, 2.75) is 25.8 Å². The summed E-state index contributed by atoms with van der Waals surface area (Å²) in [5, 5.41) is 0.349. The van der Waals surface area contributed by atoms with E-state index >= 15 is 0 Å². The Balaban J connectivity index is 1.98. The Morgan fingerprint density at radius 3 is 2.65 bits per heavy atom. The summed E-state index contributed by atoms with van der Waals surface area (Å²) in [5.74, 6) is 0.0791. The summed E-state index contributed by atoms with van der Waals surface area (Å²) in [6, 6.07) is 7.86. The van der Waals surface area contributed by atoms with Crippen LogP contribution < -0.4 is 4.90 Å². The minimum atomic E-state index is -0.504. The first kappa shape index (κ1) is 13.1. The molecule has 0 unspecified atom stereocenters. The number of halogens is 1. The Kier molecular flexibility index (Phi) is 2.98.